The second-order valence-electron chi connectivity index (χ2n) is 6.73. The minimum absolute atomic E-state index is 0.0616. The van der Waals surface area contributed by atoms with Gasteiger partial charge in [0.2, 0.25) is 0 Å². The molecule has 0 aliphatic rings. The van der Waals surface area contributed by atoms with E-state index in [-0.39, 0.29) is 26.6 Å². The third-order valence-corrected chi connectivity index (χ3v) is 7.05. The van der Waals surface area contributed by atoms with E-state index in [4.69, 9.17) is 0 Å². The van der Waals surface area contributed by atoms with Gasteiger partial charge in [-0.3, -0.25) is 9.44 Å². The zero-order valence-corrected chi connectivity index (χ0v) is 17.9. The van der Waals surface area contributed by atoms with Crippen molar-refractivity contribution in [2.24, 2.45) is 0 Å². The summed E-state index contributed by atoms with van der Waals surface area (Å²) in [6.07, 6.45) is 0. The summed E-state index contributed by atoms with van der Waals surface area (Å²) in [6.45, 7) is 2.88. The van der Waals surface area contributed by atoms with Gasteiger partial charge in [-0.25, -0.2) is 30.0 Å². The van der Waals surface area contributed by atoms with Gasteiger partial charge in [0.05, 0.1) is 15.5 Å². The summed E-state index contributed by atoms with van der Waals surface area (Å²) >= 11 is 0. The minimum Gasteiger partial charge on any atom is -0.280 e. The van der Waals surface area contributed by atoms with E-state index in [1.807, 2.05) is 4.72 Å². The molecule has 0 radical (unpaired) electrons. The topological polar surface area (TPSA) is 92.3 Å². The molecule has 0 amide bonds. The van der Waals surface area contributed by atoms with Crippen LogP contribution in [0, 0.1) is 31.3 Å². The highest BCUT2D eigenvalue weighted by molar-refractivity contribution is 7.93. The van der Waals surface area contributed by atoms with Gasteiger partial charge in [0.15, 0.2) is 0 Å². The molecule has 0 fully saturated rings. The fourth-order valence-corrected chi connectivity index (χ4v) is 5.05. The highest BCUT2D eigenvalue weighted by Crippen LogP contribution is 2.24. The Hall–Kier alpha value is -3.05. The van der Waals surface area contributed by atoms with Crippen LogP contribution in [0.2, 0.25) is 0 Å². The fourth-order valence-electron chi connectivity index (χ4n) is 2.75. The Morgan fingerprint density at radius 1 is 0.677 bits per heavy atom. The van der Waals surface area contributed by atoms with Crippen molar-refractivity contribution < 1.29 is 30.0 Å². The van der Waals surface area contributed by atoms with Crippen molar-refractivity contribution in [2.45, 2.75) is 23.6 Å². The van der Waals surface area contributed by atoms with Gasteiger partial charge in [0, 0.05) is 11.8 Å². The molecular formula is C20H17F3N2O4S2. The van der Waals surface area contributed by atoms with Crippen molar-refractivity contribution in [2.75, 3.05) is 9.44 Å². The van der Waals surface area contributed by atoms with Gasteiger partial charge in [-0.1, -0.05) is 0 Å². The lowest BCUT2D eigenvalue weighted by molar-refractivity contribution is 0.583. The van der Waals surface area contributed by atoms with Crippen molar-refractivity contribution in [3.8, 4) is 0 Å². The molecule has 6 nitrogen and oxygen atoms in total. The van der Waals surface area contributed by atoms with Crippen LogP contribution in [0.25, 0.3) is 0 Å². The molecule has 0 aliphatic carbocycles. The summed E-state index contributed by atoms with van der Waals surface area (Å²) in [4.78, 5) is -0.415. The Labute approximate surface area is 177 Å². The van der Waals surface area contributed by atoms with E-state index in [0.29, 0.717) is 6.07 Å². The van der Waals surface area contributed by atoms with Crippen LogP contribution in [0.5, 0.6) is 0 Å². The van der Waals surface area contributed by atoms with E-state index >= 15 is 0 Å². The maximum absolute atomic E-state index is 13.8. The molecule has 3 aromatic carbocycles. The van der Waals surface area contributed by atoms with Gasteiger partial charge in [0.25, 0.3) is 20.0 Å². The first-order chi connectivity index (χ1) is 14.4. The fraction of sp³-hybridized carbons (Fsp3) is 0.100. The zero-order chi connectivity index (χ0) is 23.0. The van der Waals surface area contributed by atoms with Crippen LogP contribution in [0.1, 0.15) is 11.1 Å². The van der Waals surface area contributed by atoms with Crippen LogP contribution in [0.15, 0.2) is 64.4 Å². The summed E-state index contributed by atoms with van der Waals surface area (Å²) in [5.41, 5.74) is -0.0402. The molecule has 0 unspecified atom stereocenters. The molecule has 0 heterocycles. The normalized spacial score (nSPS) is 11.9. The van der Waals surface area contributed by atoms with Crippen molar-refractivity contribution in [1.82, 2.24) is 0 Å². The minimum atomic E-state index is -4.21. The SMILES string of the molecule is Cc1cc(S(=O)(=O)Nc2ccc(S(=O)(=O)Nc3ccc(F)cc3F)cc2)cc(C)c1F. The Bertz CT molecular complexity index is 1330. The van der Waals surface area contributed by atoms with Crippen molar-refractivity contribution in [1.29, 1.82) is 0 Å². The predicted molar refractivity (Wildman–Crippen MR) is 110 cm³/mol. The maximum atomic E-state index is 13.8. The van der Waals surface area contributed by atoms with Crippen LogP contribution in [0.3, 0.4) is 0 Å². The van der Waals surface area contributed by atoms with Crippen LogP contribution in [0.4, 0.5) is 24.5 Å². The lowest BCUT2D eigenvalue weighted by atomic mass is 10.1. The highest BCUT2D eigenvalue weighted by Gasteiger charge is 2.19. The van der Waals surface area contributed by atoms with E-state index in [9.17, 15) is 30.0 Å². The Balaban J connectivity index is 1.82. The van der Waals surface area contributed by atoms with Gasteiger partial charge >= 0.3 is 0 Å². The number of rotatable bonds is 6. The van der Waals surface area contributed by atoms with Gasteiger partial charge in [-0.2, -0.15) is 0 Å². The average molecular weight is 470 g/mol. The van der Waals surface area contributed by atoms with Gasteiger partial charge in [-0.05, 0) is 73.5 Å². The predicted octanol–water partition coefficient (Wildman–Crippen LogP) is 4.32. The lowest BCUT2D eigenvalue weighted by Crippen LogP contribution is -2.15. The number of halogens is 3. The van der Waals surface area contributed by atoms with Crippen molar-refractivity contribution in [3.63, 3.8) is 0 Å². The van der Waals surface area contributed by atoms with E-state index in [1.165, 1.54) is 38.1 Å². The van der Waals surface area contributed by atoms with Crippen molar-refractivity contribution in [3.05, 3.63) is 83.2 Å². The first-order valence-corrected chi connectivity index (χ1v) is 11.7. The molecule has 2 N–H and O–H groups in total. The summed E-state index contributed by atoms with van der Waals surface area (Å²) in [5, 5.41) is 0. The summed E-state index contributed by atoms with van der Waals surface area (Å²) < 4.78 is 94.7. The van der Waals surface area contributed by atoms with Crippen LogP contribution < -0.4 is 9.44 Å². The first-order valence-electron chi connectivity index (χ1n) is 8.76. The quantitative estimate of drug-likeness (QED) is 0.561. The molecule has 31 heavy (non-hydrogen) atoms. The summed E-state index contributed by atoms with van der Waals surface area (Å²) in [6, 6.07) is 9.39. The second kappa shape index (κ2) is 8.23. The number of aryl methyl sites for hydroxylation is 2. The number of hydrogen-bond donors (Lipinski definition) is 2. The number of benzene rings is 3. The van der Waals surface area contributed by atoms with Gasteiger partial charge in [0.1, 0.15) is 17.5 Å². The third kappa shape index (κ3) is 5.00. The van der Waals surface area contributed by atoms with E-state index in [2.05, 4.69) is 4.72 Å². The Morgan fingerprint density at radius 2 is 1.23 bits per heavy atom. The molecule has 0 saturated heterocycles. The zero-order valence-electron chi connectivity index (χ0n) is 16.3. The maximum Gasteiger partial charge on any atom is 0.261 e. The number of nitrogens with one attached hydrogen (secondary N) is 2. The molecule has 3 rings (SSSR count). The molecule has 0 bridgehead atoms. The molecule has 11 heteroatoms. The molecule has 164 valence electrons. The van der Waals surface area contributed by atoms with Crippen LogP contribution in [-0.4, -0.2) is 16.8 Å². The molecule has 0 saturated carbocycles. The standard InChI is InChI=1S/C20H17F3N2O4S2/c1-12-9-17(10-13(2)20(12)23)31(28,29)24-15-4-6-16(7-5-15)30(26,27)25-19-8-3-14(21)11-18(19)22/h3-11,24-25H,1-2H3. The van der Waals surface area contributed by atoms with Gasteiger partial charge < -0.3 is 0 Å². The van der Waals surface area contributed by atoms with E-state index in [0.717, 1.165) is 24.3 Å². The van der Waals surface area contributed by atoms with E-state index < -0.39 is 43.2 Å². The lowest BCUT2D eigenvalue weighted by Gasteiger charge is -2.12. The summed E-state index contributed by atoms with van der Waals surface area (Å²) in [5.74, 6) is -2.44. The average Bonchev–Trinajstić information content (AvgIpc) is 2.68. The highest BCUT2D eigenvalue weighted by atomic mass is 32.2. The molecule has 0 aliphatic heterocycles. The number of anilines is 2. The molecular weight excluding hydrogens is 453 g/mol. The van der Waals surface area contributed by atoms with Gasteiger partial charge in [-0.15, -0.1) is 0 Å². The molecule has 0 spiro atoms. The Kier molecular flexibility index (Phi) is 6.01. The van der Waals surface area contributed by atoms with Crippen LogP contribution >= 0.6 is 0 Å². The molecule has 3 aromatic rings. The van der Waals surface area contributed by atoms with Crippen molar-refractivity contribution >= 4 is 31.4 Å². The van der Waals surface area contributed by atoms with Crippen LogP contribution in [-0.2, 0) is 20.0 Å². The first kappa shape index (κ1) is 22.6. The number of hydrogen-bond acceptors (Lipinski definition) is 4. The third-order valence-electron chi connectivity index (χ3n) is 4.31. The second-order valence-corrected chi connectivity index (χ2v) is 10.1. The Morgan fingerprint density at radius 3 is 1.77 bits per heavy atom. The smallest absolute Gasteiger partial charge is 0.261 e. The summed E-state index contributed by atoms with van der Waals surface area (Å²) in [7, 11) is -8.26. The molecule has 0 atom stereocenters. The largest absolute Gasteiger partial charge is 0.280 e. The number of sulfonamides is 2. The van der Waals surface area contributed by atoms with E-state index in [1.54, 1.807) is 0 Å². The monoisotopic (exact) mass is 470 g/mol. The molecule has 0 aromatic heterocycles.